The van der Waals surface area contributed by atoms with Crippen LogP contribution in [0.3, 0.4) is 0 Å². The third-order valence-corrected chi connectivity index (χ3v) is 4.08. The fourth-order valence-corrected chi connectivity index (χ4v) is 2.84. The van der Waals surface area contributed by atoms with Gasteiger partial charge in [0, 0.05) is 29.9 Å². The van der Waals surface area contributed by atoms with Crippen LogP contribution < -0.4 is 4.90 Å². The molecule has 7 heteroatoms. The number of fused-ring (bicyclic) bond motifs is 1. The summed E-state index contributed by atoms with van der Waals surface area (Å²) in [5, 5.41) is 0.318. The van der Waals surface area contributed by atoms with Gasteiger partial charge in [0.25, 0.3) is 6.50 Å². The summed E-state index contributed by atoms with van der Waals surface area (Å²) in [7, 11) is 1.47. The molecule has 24 heavy (non-hydrogen) atoms. The number of H-pyrrole nitrogens is 1. The number of rotatable bonds is 3. The number of piperidine rings is 1. The number of aromatic nitrogens is 3. The molecule has 0 aliphatic carbocycles. The maximum Gasteiger partial charge on any atom is 0.302 e. The topological polar surface area (TPSA) is 69.5 Å². The lowest BCUT2D eigenvalue weighted by molar-refractivity contribution is -0.130. The molecular formula is C17H22N6O. The highest BCUT2D eigenvalue weighted by Crippen LogP contribution is 2.29. The number of amides is 1. The number of nitrogens with zero attached hydrogens (tertiary/aromatic N) is 5. The van der Waals surface area contributed by atoms with E-state index >= 15 is 0 Å². The molecule has 0 spiro atoms. The van der Waals surface area contributed by atoms with Crippen LogP contribution in [0.4, 0.5) is 5.82 Å². The Balaban J connectivity index is 2.11. The zero-order valence-corrected chi connectivity index (χ0v) is 13.4. The van der Waals surface area contributed by atoms with Crippen LogP contribution in [-0.2, 0) is 4.79 Å². The van der Waals surface area contributed by atoms with Crippen LogP contribution in [0.25, 0.3) is 15.9 Å². The zero-order chi connectivity index (χ0) is 23.4. The van der Waals surface area contributed by atoms with E-state index < -0.39 is 37.7 Å². The molecule has 0 radical (unpaired) electrons. The number of likely N-dealkylation sites (N-methyl/N-ethyl adjacent to an activating group) is 1. The van der Waals surface area contributed by atoms with Crippen molar-refractivity contribution in [1.82, 2.24) is 19.9 Å². The minimum absolute atomic E-state index is 0.0850. The molecule has 0 aromatic carbocycles. The largest absolute Gasteiger partial charge is 0.354 e. The first-order valence-electron chi connectivity index (χ1n) is 11.0. The number of likely N-dealkylation sites (tertiary alicyclic amines) is 1. The Bertz CT molecular complexity index is 1060. The maximum atomic E-state index is 12.6. The quantitative estimate of drug-likeness (QED) is 0.871. The Kier molecular flexibility index (Phi) is 2.60. The lowest BCUT2D eigenvalue weighted by Gasteiger charge is -2.41. The second-order valence-corrected chi connectivity index (χ2v) is 5.64. The van der Waals surface area contributed by atoms with E-state index in [-0.39, 0.29) is 24.8 Å². The summed E-state index contributed by atoms with van der Waals surface area (Å²) in [5.41, 5.74) is 0.892. The molecule has 2 aromatic heterocycles. The minimum atomic E-state index is -2.80. The highest BCUT2D eigenvalue weighted by molar-refractivity contribution is 5.88. The van der Waals surface area contributed by atoms with Gasteiger partial charge in [0.15, 0.2) is 0 Å². The van der Waals surface area contributed by atoms with Crippen LogP contribution in [0.1, 0.15) is 28.6 Å². The van der Waals surface area contributed by atoms with Crippen LogP contribution in [0.5, 0.6) is 0 Å². The Hall–Kier alpha value is -2.62. The molecule has 1 N–H and O–H groups in total. The van der Waals surface area contributed by atoms with E-state index in [1.54, 1.807) is 6.92 Å². The molecule has 7 nitrogen and oxygen atoms in total. The summed E-state index contributed by atoms with van der Waals surface area (Å²) in [6.45, 7) is 2.76. The van der Waals surface area contributed by atoms with Gasteiger partial charge in [-0.1, -0.05) is 6.85 Å². The van der Waals surface area contributed by atoms with Crippen molar-refractivity contribution in [3.63, 3.8) is 0 Å². The van der Waals surface area contributed by atoms with Gasteiger partial charge in [-0.2, -0.15) is 0 Å². The van der Waals surface area contributed by atoms with Crippen LogP contribution >= 0.6 is 0 Å². The number of carbonyl (C=O) groups is 1. The van der Waals surface area contributed by atoms with Crippen LogP contribution in [0, 0.1) is 19.4 Å². The number of anilines is 1. The molecule has 0 unspecified atom stereocenters. The van der Waals surface area contributed by atoms with E-state index in [2.05, 4.69) is 19.8 Å². The van der Waals surface area contributed by atoms with Gasteiger partial charge in [0.1, 0.15) is 20.5 Å². The molecule has 1 amide bonds. The molecular weight excluding hydrogens is 304 g/mol. The Morgan fingerprint density at radius 3 is 3.33 bits per heavy atom. The second kappa shape index (κ2) is 6.48. The molecule has 2 atom stereocenters. The molecule has 1 aliphatic rings. The van der Waals surface area contributed by atoms with E-state index in [0.29, 0.717) is 16.7 Å². The highest BCUT2D eigenvalue weighted by Gasteiger charge is 2.33. The van der Waals surface area contributed by atoms with Gasteiger partial charge in [0.2, 0.25) is 0 Å². The zero-order valence-electron chi connectivity index (χ0n) is 20.4. The normalized spacial score (nSPS) is 29.3. The predicted molar refractivity (Wildman–Crippen MR) is 92.6 cm³/mol. The van der Waals surface area contributed by atoms with E-state index in [0.717, 1.165) is 4.90 Å². The summed E-state index contributed by atoms with van der Waals surface area (Å²) in [4.78, 5) is 28.9. The van der Waals surface area contributed by atoms with Gasteiger partial charge in [-0.25, -0.2) is 16.5 Å². The number of carbonyl (C=O) groups excluding carboxylic acids is 1. The Morgan fingerprint density at radius 2 is 2.58 bits per heavy atom. The second-order valence-electron chi connectivity index (χ2n) is 5.64. The number of aryl methyl sites for hydroxylation is 1. The molecule has 1 aliphatic heterocycles. The molecule has 0 saturated carbocycles. The van der Waals surface area contributed by atoms with E-state index in [1.165, 1.54) is 18.3 Å². The van der Waals surface area contributed by atoms with Gasteiger partial charge in [0.05, 0.1) is 14.1 Å². The summed E-state index contributed by atoms with van der Waals surface area (Å²) >= 11 is 0. The predicted octanol–water partition coefficient (Wildman–Crippen LogP) is 1.86. The third-order valence-electron chi connectivity index (χ3n) is 4.08. The first-order valence-corrected chi connectivity index (χ1v) is 7.45. The van der Waals surface area contributed by atoms with Crippen molar-refractivity contribution in [2.45, 2.75) is 26.2 Å². The molecule has 3 heterocycles. The molecule has 126 valence electrons. The molecule has 1 saturated heterocycles. The number of hydrogen-bond donors (Lipinski definition) is 1. The van der Waals surface area contributed by atoms with Crippen molar-refractivity contribution in [2.75, 3.05) is 31.5 Å². The van der Waals surface area contributed by atoms with E-state index in [4.69, 9.17) is 16.2 Å². The fourth-order valence-electron chi connectivity index (χ4n) is 2.84. The third kappa shape index (κ3) is 2.92. The van der Waals surface area contributed by atoms with Gasteiger partial charge in [-0.05, 0) is 25.3 Å². The smallest absolute Gasteiger partial charge is 0.302 e. The fraction of sp³-hybridized carbons (Fsp3) is 0.529. The average molecular weight is 333 g/mol. The lowest BCUT2D eigenvalue weighted by atomic mass is 9.92. The SMILES string of the molecule is [2H]c1c(C)[nH]c2ncnc(N(C)[C@@]3([2H])CN(C(=O)C([2H])([2H])[N+]#[C-])CC[C@H]3C([2H])([2H])[2H])c12. The van der Waals surface area contributed by atoms with E-state index in [9.17, 15) is 4.79 Å². The standard InChI is InChI=1S/C17H22N6O/c1-11-5-6-23(15(24)8-18-3)9-14(11)22(4)17-13-7-12(2)21-16(13)19-10-20-17/h7,10-11,14H,5-6,8-9H2,1-2,4H3,(H,19,20,21)/t11-,14+/m1/s1/i1D3,7D,8D2,14D. The first kappa shape index (κ1) is 9.62. The van der Waals surface area contributed by atoms with Crippen LogP contribution in [-0.4, -0.2) is 58.4 Å². The number of aromatic amines is 1. The van der Waals surface area contributed by atoms with Crippen molar-refractivity contribution in [2.24, 2.45) is 5.92 Å². The van der Waals surface area contributed by atoms with Crippen molar-refractivity contribution >= 4 is 22.8 Å². The average Bonchev–Trinajstić information content (AvgIpc) is 2.99. The lowest BCUT2D eigenvalue weighted by Crippen LogP contribution is -2.53. The van der Waals surface area contributed by atoms with Crippen LogP contribution in [0.15, 0.2) is 12.4 Å². The minimum Gasteiger partial charge on any atom is -0.354 e. The number of hydrogen-bond acceptors (Lipinski definition) is 4. The van der Waals surface area contributed by atoms with Crippen molar-refractivity contribution in [3.8, 4) is 0 Å². The van der Waals surface area contributed by atoms with Gasteiger partial charge in [-0.3, -0.25) is 4.79 Å². The van der Waals surface area contributed by atoms with Gasteiger partial charge in [-0.15, -0.1) is 0 Å². The van der Waals surface area contributed by atoms with Crippen molar-refractivity contribution < 1.29 is 14.4 Å². The molecule has 3 rings (SSSR count). The number of nitrogens with one attached hydrogen (secondary N) is 1. The first-order chi connectivity index (χ1) is 14.2. The maximum absolute atomic E-state index is 12.6. The summed E-state index contributed by atoms with van der Waals surface area (Å²) in [5.74, 6) is -2.14. The summed E-state index contributed by atoms with van der Waals surface area (Å²) < 4.78 is 56.6. The Labute approximate surface area is 151 Å². The van der Waals surface area contributed by atoms with Crippen LogP contribution in [0.2, 0.25) is 0 Å². The molecule has 2 aromatic rings. The Morgan fingerprint density at radius 1 is 1.75 bits per heavy atom. The van der Waals surface area contributed by atoms with Gasteiger partial charge < -0.3 is 19.6 Å². The van der Waals surface area contributed by atoms with E-state index in [1.807, 2.05) is 0 Å². The molecule has 0 bridgehead atoms. The van der Waals surface area contributed by atoms with Crippen molar-refractivity contribution in [1.29, 1.82) is 0 Å². The molecule has 1 fully saturated rings. The monoisotopic (exact) mass is 333 g/mol. The summed E-state index contributed by atoms with van der Waals surface area (Å²) in [6.07, 6.45) is 1.15. The summed E-state index contributed by atoms with van der Waals surface area (Å²) in [6, 6.07) is -1.81. The van der Waals surface area contributed by atoms with Crippen molar-refractivity contribution in [3.05, 3.63) is 29.5 Å². The highest BCUT2D eigenvalue weighted by atomic mass is 16.2. The van der Waals surface area contributed by atoms with Gasteiger partial charge >= 0.3 is 5.91 Å².